The number of rotatable bonds is 4. The van der Waals surface area contributed by atoms with E-state index in [4.69, 9.17) is 22.1 Å². The number of piperidine rings is 1. The Morgan fingerprint density at radius 2 is 1.94 bits per heavy atom. The first-order valence-corrected chi connectivity index (χ1v) is 12.0. The maximum absolute atomic E-state index is 6.13. The number of hydrogen-bond donors (Lipinski definition) is 1. The molecule has 32 heavy (non-hydrogen) atoms. The summed E-state index contributed by atoms with van der Waals surface area (Å²) in [4.78, 5) is 7.27. The second-order valence-corrected chi connectivity index (χ2v) is 9.39. The van der Waals surface area contributed by atoms with Crippen LogP contribution in [0.25, 0.3) is 5.57 Å². The predicted molar refractivity (Wildman–Crippen MR) is 134 cm³/mol. The number of halogens is 1. The Labute approximate surface area is 195 Å². The first-order chi connectivity index (χ1) is 15.7. The van der Waals surface area contributed by atoms with Crippen LogP contribution >= 0.6 is 11.6 Å². The molecule has 4 nitrogen and oxygen atoms in total. The van der Waals surface area contributed by atoms with Crippen LogP contribution in [-0.2, 0) is 0 Å². The highest BCUT2D eigenvalue weighted by Gasteiger charge is 2.30. The Bertz CT molecular complexity index is 1040. The first-order valence-electron chi connectivity index (χ1n) is 11.6. The highest BCUT2D eigenvalue weighted by Crippen LogP contribution is 2.40. The third-order valence-electron chi connectivity index (χ3n) is 6.92. The van der Waals surface area contributed by atoms with Gasteiger partial charge in [0.15, 0.2) is 0 Å². The predicted octanol–water partition coefficient (Wildman–Crippen LogP) is 5.59. The second-order valence-electron chi connectivity index (χ2n) is 8.96. The molecule has 166 valence electrons. The highest BCUT2D eigenvalue weighted by atomic mass is 35.5. The SMILES string of the molecule is Nc1ccc2c(c1)C(=CCCN1CCC(c3ccc(Cl)cc3)CC1)C1C=CC=NC1CO2. The molecule has 1 fully saturated rings. The molecule has 2 aromatic carbocycles. The number of nitrogen functional groups attached to an aromatic ring is 1. The Balaban J connectivity index is 1.26. The molecule has 5 rings (SSSR count). The lowest BCUT2D eigenvalue weighted by molar-refractivity contribution is 0.216. The zero-order valence-electron chi connectivity index (χ0n) is 18.3. The summed E-state index contributed by atoms with van der Waals surface area (Å²) in [6.07, 6.45) is 12.0. The molecule has 3 aliphatic heterocycles. The van der Waals surface area contributed by atoms with Crippen molar-refractivity contribution in [1.82, 2.24) is 4.90 Å². The summed E-state index contributed by atoms with van der Waals surface area (Å²) in [6.45, 7) is 3.94. The number of dihydropyridines is 1. The molecule has 0 bridgehead atoms. The van der Waals surface area contributed by atoms with Crippen LogP contribution in [0.3, 0.4) is 0 Å². The molecule has 2 N–H and O–H groups in total. The quantitative estimate of drug-likeness (QED) is 0.621. The number of ether oxygens (including phenoxy) is 1. The number of allylic oxidation sites excluding steroid dienone is 1. The van der Waals surface area contributed by atoms with Gasteiger partial charge in [-0.2, -0.15) is 0 Å². The fraction of sp³-hybridized carbons (Fsp3) is 0.370. The van der Waals surface area contributed by atoms with Gasteiger partial charge in [0.1, 0.15) is 12.4 Å². The smallest absolute Gasteiger partial charge is 0.127 e. The topological polar surface area (TPSA) is 50.8 Å². The standard InChI is InChI=1S/C27H30ClN3O/c28-21-7-5-19(6-8-21)20-11-15-31(16-12-20)14-2-4-23-24-3-1-13-30-26(24)18-32-27-10-9-22(29)17-25(23)27/h1,3-10,13,17,20,24,26H,2,11-12,14-16,18,29H2. The normalized spacial score (nSPS) is 24.6. The summed E-state index contributed by atoms with van der Waals surface area (Å²) in [7, 11) is 0. The van der Waals surface area contributed by atoms with E-state index >= 15 is 0 Å². The summed E-state index contributed by atoms with van der Waals surface area (Å²) in [5.74, 6) is 1.78. The molecule has 3 aliphatic rings. The van der Waals surface area contributed by atoms with Gasteiger partial charge in [-0.15, -0.1) is 0 Å². The number of benzene rings is 2. The van der Waals surface area contributed by atoms with E-state index in [1.807, 2.05) is 42.6 Å². The van der Waals surface area contributed by atoms with Gasteiger partial charge in [0.05, 0.1) is 6.04 Å². The van der Waals surface area contributed by atoms with Crippen molar-refractivity contribution in [2.24, 2.45) is 10.9 Å². The van der Waals surface area contributed by atoms with E-state index in [2.05, 4.69) is 34.2 Å². The van der Waals surface area contributed by atoms with Crippen molar-refractivity contribution in [3.63, 3.8) is 0 Å². The summed E-state index contributed by atoms with van der Waals surface area (Å²) in [6, 6.07) is 14.5. The van der Waals surface area contributed by atoms with Gasteiger partial charge >= 0.3 is 0 Å². The molecule has 2 unspecified atom stereocenters. The number of hydrogen-bond acceptors (Lipinski definition) is 4. The molecular weight excluding hydrogens is 418 g/mol. The average Bonchev–Trinajstić information content (AvgIpc) is 2.97. The van der Waals surface area contributed by atoms with Gasteiger partial charge in [0, 0.05) is 35.0 Å². The van der Waals surface area contributed by atoms with E-state index in [0.717, 1.165) is 48.1 Å². The summed E-state index contributed by atoms with van der Waals surface area (Å²) in [5.41, 5.74) is 10.7. The van der Waals surface area contributed by atoms with E-state index < -0.39 is 0 Å². The van der Waals surface area contributed by atoms with Crippen LogP contribution in [0.5, 0.6) is 5.75 Å². The average molecular weight is 448 g/mol. The lowest BCUT2D eigenvalue weighted by Crippen LogP contribution is -2.33. The summed E-state index contributed by atoms with van der Waals surface area (Å²) in [5, 5.41) is 0.812. The minimum Gasteiger partial charge on any atom is -0.491 e. The lowest BCUT2D eigenvalue weighted by Gasteiger charge is -2.32. The van der Waals surface area contributed by atoms with E-state index in [1.54, 1.807) is 0 Å². The maximum atomic E-state index is 6.13. The number of nitrogens with two attached hydrogens (primary N) is 1. The van der Waals surface area contributed by atoms with Gasteiger partial charge in [-0.05, 0) is 85.8 Å². The van der Waals surface area contributed by atoms with E-state index in [-0.39, 0.29) is 12.0 Å². The van der Waals surface area contributed by atoms with Crippen LogP contribution < -0.4 is 10.5 Å². The van der Waals surface area contributed by atoms with Crippen molar-refractivity contribution in [3.8, 4) is 5.75 Å². The van der Waals surface area contributed by atoms with Crippen LogP contribution in [0.1, 0.15) is 36.3 Å². The van der Waals surface area contributed by atoms with Gasteiger partial charge in [-0.3, -0.25) is 4.99 Å². The van der Waals surface area contributed by atoms with Gasteiger partial charge in [-0.1, -0.05) is 35.9 Å². The van der Waals surface area contributed by atoms with Crippen molar-refractivity contribution in [3.05, 3.63) is 76.8 Å². The number of nitrogens with zero attached hydrogens (tertiary/aromatic N) is 2. The van der Waals surface area contributed by atoms with Crippen molar-refractivity contribution in [2.75, 3.05) is 32.0 Å². The Morgan fingerprint density at radius 3 is 2.75 bits per heavy atom. The molecule has 0 radical (unpaired) electrons. The fourth-order valence-corrected chi connectivity index (χ4v) is 5.26. The summed E-state index contributed by atoms with van der Waals surface area (Å²) < 4.78 is 6.10. The molecule has 1 saturated heterocycles. The van der Waals surface area contributed by atoms with Crippen molar-refractivity contribution in [1.29, 1.82) is 0 Å². The molecular formula is C27H30ClN3O. The minimum absolute atomic E-state index is 0.120. The van der Waals surface area contributed by atoms with Gasteiger partial charge in [0.25, 0.3) is 0 Å². The number of fused-ring (bicyclic) bond motifs is 2. The molecule has 3 heterocycles. The zero-order valence-corrected chi connectivity index (χ0v) is 19.0. The highest BCUT2D eigenvalue weighted by molar-refractivity contribution is 6.30. The lowest BCUT2D eigenvalue weighted by atomic mass is 9.85. The Morgan fingerprint density at radius 1 is 1.12 bits per heavy atom. The van der Waals surface area contributed by atoms with Crippen LogP contribution in [0.4, 0.5) is 5.69 Å². The van der Waals surface area contributed by atoms with Crippen molar-refractivity contribution >= 4 is 29.1 Å². The summed E-state index contributed by atoms with van der Waals surface area (Å²) >= 11 is 6.05. The van der Waals surface area contributed by atoms with Gasteiger partial charge in [-0.25, -0.2) is 0 Å². The minimum atomic E-state index is 0.120. The molecule has 0 aromatic heterocycles. The first kappa shape index (κ1) is 21.3. The largest absolute Gasteiger partial charge is 0.491 e. The second kappa shape index (κ2) is 9.51. The zero-order chi connectivity index (χ0) is 21.9. The van der Waals surface area contributed by atoms with Crippen molar-refractivity contribution in [2.45, 2.75) is 31.2 Å². The van der Waals surface area contributed by atoms with E-state index in [0.29, 0.717) is 12.5 Å². The third kappa shape index (κ3) is 4.62. The third-order valence-corrected chi connectivity index (χ3v) is 7.17. The molecule has 0 aliphatic carbocycles. The molecule has 0 saturated carbocycles. The molecule has 2 aromatic rings. The van der Waals surface area contributed by atoms with Gasteiger partial charge in [0.2, 0.25) is 0 Å². The Kier molecular flexibility index (Phi) is 6.33. The van der Waals surface area contributed by atoms with Crippen LogP contribution in [0.2, 0.25) is 5.02 Å². The van der Waals surface area contributed by atoms with E-state index in [9.17, 15) is 0 Å². The van der Waals surface area contributed by atoms with Crippen molar-refractivity contribution < 1.29 is 4.74 Å². The monoisotopic (exact) mass is 447 g/mol. The number of aliphatic imine (C=N–C) groups is 1. The Hall–Kier alpha value is -2.56. The van der Waals surface area contributed by atoms with Crippen LogP contribution in [-0.4, -0.2) is 43.4 Å². The number of anilines is 1. The van der Waals surface area contributed by atoms with Crippen LogP contribution in [0, 0.1) is 5.92 Å². The fourth-order valence-electron chi connectivity index (χ4n) is 5.14. The molecule has 2 atom stereocenters. The molecule has 5 heteroatoms. The van der Waals surface area contributed by atoms with E-state index in [1.165, 1.54) is 24.0 Å². The molecule has 0 spiro atoms. The number of likely N-dealkylation sites (tertiary alicyclic amines) is 1. The van der Waals surface area contributed by atoms with Gasteiger partial charge < -0.3 is 15.4 Å². The maximum Gasteiger partial charge on any atom is 0.127 e. The van der Waals surface area contributed by atoms with Crippen LogP contribution in [0.15, 0.2) is 65.7 Å². The molecule has 0 amide bonds.